The molecule has 0 bridgehead atoms. The predicted octanol–water partition coefficient (Wildman–Crippen LogP) is 4.63. The molecule has 1 aliphatic rings. The summed E-state index contributed by atoms with van der Waals surface area (Å²) in [6.07, 6.45) is 3.48. The molecule has 26 heavy (non-hydrogen) atoms. The first-order chi connectivity index (χ1) is 12.4. The number of carbonyl (C=O) groups excluding carboxylic acids is 2. The van der Waals surface area contributed by atoms with Gasteiger partial charge in [-0.1, -0.05) is 42.4 Å². The summed E-state index contributed by atoms with van der Waals surface area (Å²) in [6, 6.07) is 12.4. The Morgan fingerprint density at radius 2 is 1.65 bits per heavy atom. The molecule has 0 unspecified atom stereocenters. The molecule has 1 saturated carbocycles. The van der Waals surface area contributed by atoms with Crippen LogP contribution in [0, 0.1) is 11.7 Å². The van der Waals surface area contributed by atoms with E-state index in [1.165, 1.54) is 24.3 Å². The first kappa shape index (κ1) is 18.1. The zero-order valence-corrected chi connectivity index (χ0v) is 14.7. The Balaban J connectivity index is 1.90. The van der Waals surface area contributed by atoms with Crippen LogP contribution in [0.25, 0.3) is 11.6 Å². The number of imide groups is 1. The second kappa shape index (κ2) is 7.67. The molecule has 0 spiro atoms. The third-order valence-corrected chi connectivity index (χ3v) is 4.42. The van der Waals surface area contributed by atoms with Gasteiger partial charge >= 0.3 is 0 Å². The van der Waals surface area contributed by atoms with Gasteiger partial charge in [0, 0.05) is 16.2 Å². The third kappa shape index (κ3) is 4.46. The normalized spacial score (nSPS) is 14.0. The maximum atomic E-state index is 13.2. The van der Waals surface area contributed by atoms with Crippen LogP contribution in [0.2, 0.25) is 5.02 Å². The molecular formula is C21H17ClFNO2. The zero-order chi connectivity index (χ0) is 18.7. The van der Waals surface area contributed by atoms with Crippen LogP contribution in [0.5, 0.6) is 0 Å². The van der Waals surface area contributed by atoms with E-state index in [1.54, 1.807) is 30.3 Å². The molecule has 132 valence electrons. The van der Waals surface area contributed by atoms with Crippen LogP contribution in [-0.2, 0) is 9.59 Å². The quantitative estimate of drug-likeness (QED) is 0.617. The van der Waals surface area contributed by atoms with E-state index in [9.17, 15) is 14.0 Å². The van der Waals surface area contributed by atoms with Crippen molar-refractivity contribution in [2.45, 2.75) is 12.8 Å². The van der Waals surface area contributed by atoms with Crippen molar-refractivity contribution in [3.05, 3.63) is 82.6 Å². The first-order valence-electron chi connectivity index (χ1n) is 8.22. The maximum absolute atomic E-state index is 13.2. The summed E-state index contributed by atoms with van der Waals surface area (Å²) in [4.78, 5) is 24.9. The molecule has 0 heterocycles. The largest absolute Gasteiger partial charge is 0.288 e. The minimum absolute atomic E-state index is 0.164. The van der Waals surface area contributed by atoms with E-state index in [0.29, 0.717) is 16.2 Å². The summed E-state index contributed by atoms with van der Waals surface area (Å²) in [5.41, 5.74) is 1.91. The van der Waals surface area contributed by atoms with Gasteiger partial charge in [0.2, 0.25) is 0 Å². The van der Waals surface area contributed by atoms with Crippen LogP contribution >= 0.6 is 11.6 Å². The lowest BCUT2D eigenvalue weighted by Gasteiger charge is -2.10. The molecule has 0 saturated heterocycles. The number of carbonyl (C=O) groups is 2. The van der Waals surface area contributed by atoms with Crippen molar-refractivity contribution in [3.63, 3.8) is 0 Å². The molecule has 3 rings (SSSR count). The monoisotopic (exact) mass is 369 g/mol. The highest BCUT2D eigenvalue weighted by molar-refractivity contribution is 6.31. The lowest BCUT2D eigenvalue weighted by atomic mass is 10.0. The summed E-state index contributed by atoms with van der Waals surface area (Å²) in [5.74, 6) is -1.27. The molecule has 0 aliphatic heterocycles. The van der Waals surface area contributed by atoms with Crippen LogP contribution in [0.3, 0.4) is 0 Å². The number of amides is 2. The van der Waals surface area contributed by atoms with Gasteiger partial charge in [0.25, 0.3) is 11.8 Å². The highest BCUT2D eigenvalue weighted by Gasteiger charge is 2.30. The summed E-state index contributed by atoms with van der Waals surface area (Å²) in [5, 5.41) is 2.96. The topological polar surface area (TPSA) is 46.2 Å². The molecular weight excluding hydrogens is 353 g/mol. The summed E-state index contributed by atoms with van der Waals surface area (Å²) in [6.45, 7) is 3.76. The van der Waals surface area contributed by atoms with Gasteiger partial charge < -0.3 is 0 Å². The van der Waals surface area contributed by atoms with E-state index in [-0.39, 0.29) is 11.5 Å². The number of hydrogen-bond donors (Lipinski definition) is 1. The van der Waals surface area contributed by atoms with Gasteiger partial charge in [-0.05, 0) is 60.2 Å². The van der Waals surface area contributed by atoms with Crippen LogP contribution in [0.4, 0.5) is 4.39 Å². The van der Waals surface area contributed by atoms with Crippen molar-refractivity contribution < 1.29 is 14.0 Å². The standard InChI is InChI=1S/C21H17ClFNO2/c1-13(15-4-5-15)20(25)24-21(26)19(16-6-10-18(23)11-7-16)12-14-2-8-17(22)9-3-14/h2-3,6-12,15H,1,4-5H2,(H,24,25,26)/b19-12+. The van der Waals surface area contributed by atoms with Crippen molar-refractivity contribution in [2.24, 2.45) is 5.92 Å². The summed E-state index contributed by atoms with van der Waals surface area (Å²) >= 11 is 5.89. The van der Waals surface area contributed by atoms with Gasteiger partial charge in [0.1, 0.15) is 5.82 Å². The summed E-state index contributed by atoms with van der Waals surface area (Å²) < 4.78 is 13.2. The molecule has 3 nitrogen and oxygen atoms in total. The van der Waals surface area contributed by atoms with Crippen molar-refractivity contribution in [1.82, 2.24) is 5.32 Å². The van der Waals surface area contributed by atoms with E-state index in [2.05, 4.69) is 11.9 Å². The van der Waals surface area contributed by atoms with Crippen LogP contribution in [0.1, 0.15) is 24.0 Å². The Morgan fingerprint density at radius 3 is 2.23 bits per heavy atom. The van der Waals surface area contributed by atoms with Gasteiger partial charge in [-0.25, -0.2) is 4.39 Å². The Kier molecular flexibility index (Phi) is 5.33. The average molecular weight is 370 g/mol. The molecule has 2 aromatic carbocycles. The molecule has 0 aromatic heterocycles. The van der Waals surface area contributed by atoms with Crippen molar-refractivity contribution in [1.29, 1.82) is 0 Å². The molecule has 5 heteroatoms. The zero-order valence-electron chi connectivity index (χ0n) is 14.0. The molecule has 1 fully saturated rings. The van der Waals surface area contributed by atoms with E-state index in [4.69, 9.17) is 11.6 Å². The maximum Gasteiger partial charge on any atom is 0.258 e. The van der Waals surface area contributed by atoms with Gasteiger partial charge in [0.05, 0.1) is 0 Å². The smallest absolute Gasteiger partial charge is 0.258 e. The van der Waals surface area contributed by atoms with E-state index in [0.717, 1.165) is 18.4 Å². The second-order valence-corrected chi connectivity index (χ2v) is 6.64. The number of rotatable bonds is 5. The summed E-state index contributed by atoms with van der Waals surface area (Å²) in [7, 11) is 0. The van der Waals surface area contributed by atoms with Crippen molar-refractivity contribution in [2.75, 3.05) is 0 Å². The lowest BCUT2D eigenvalue weighted by molar-refractivity contribution is -0.125. The lowest BCUT2D eigenvalue weighted by Crippen LogP contribution is -2.32. The van der Waals surface area contributed by atoms with Crippen molar-refractivity contribution in [3.8, 4) is 0 Å². The van der Waals surface area contributed by atoms with Gasteiger partial charge in [-0.2, -0.15) is 0 Å². The Bertz CT molecular complexity index is 881. The fraction of sp³-hybridized carbons (Fsp3) is 0.143. The highest BCUT2D eigenvalue weighted by atomic mass is 35.5. The third-order valence-electron chi connectivity index (χ3n) is 4.17. The van der Waals surface area contributed by atoms with E-state index < -0.39 is 17.6 Å². The molecule has 2 amide bonds. The molecule has 0 atom stereocenters. The first-order valence-corrected chi connectivity index (χ1v) is 8.59. The Hall–Kier alpha value is -2.72. The fourth-order valence-corrected chi connectivity index (χ4v) is 2.63. The fourth-order valence-electron chi connectivity index (χ4n) is 2.50. The van der Waals surface area contributed by atoms with E-state index in [1.807, 2.05) is 0 Å². The van der Waals surface area contributed by atoms with Crippen LogP contribution < -0.4 is 5.32 Å². The molecule has 0 radical (unpaired) electrons. The van der Waals surface area contributed by atoms with E-state index >= 15 is 0 Å². The minimum atomic E-state index is -0.557. The van der Waals surface area contributed by atoms with Gasteiger partial charge in [-0.15, -0.1) is 0 Å². The molecule has 2 aromatic rings. The Labute approximate surface area is 156 Å². The molecule has 1 N–H and O–H groups in total. The van der Waals surface area contributed by atoms with Crippen LogP contribution in [-0.4, -0.2) is 11.8 Å². The predicted molar refractivity (Wildman–Crippen MR) is 101 cm³/mol. The van der Waals surface area contributed by atoms with Crippen LogP contribution in [0.15, 0.2) is 60.7 Å². The average Bonchev–Trinajstić information content (AvgIpc) is 3.46. The number of benzene rings is 2. The second-order valence-electron chi connectivity index (χ2n) is 6.20. The van der Waals surface area contributed by atoms with Gasteiger partial charge in [0.15, 0.2) is 0 Å². The Morgan fingerprint density at radius 1 is 1.04 bits per heavy atom. The van der Waals surface area contributed by atoms with Gasteiger partial charge in [-0.3, -0.25) is 14.9 Å². The number of halogens is 2. The van der Waals surface area contributed by atoms with Crippen molar-refractivity contribution >= 4 is 35.1 Å². The number of hydrogen-bond acceptors (Lipinski definition) is 2. The SMILES string of the molecule is C=C(C(=O)NC(=O)/C(=C/c1ccc(Cl)cc1)c1ccc(F)cc1)C1CC1. The highest BCUT2D eigenvalue weighted by Crippen LogP contribution is 2.35. The molecule has 1 aliphatic carbocycles. The minimum Gasteiger partial charge on any atom is -0.288 e. The number of nitrogens with one attached hydrogen (secondary N) is 1.